The Hall–Kier alpha value is -3.18. The average molecular weight is 512 g/mol. The number of amides is 2. The van der Waals surface area contributed by atoms with Crippen LogP contribution in [0.15, 0.2) is 47.4 Å². The molecule has 0 aliphatic carbocycles. The first kappa shape index (κ1) is 25.4. The highest BCUT2D eigenvalue weighted by molar-refractivity contribution is 7.92. The molecule has 0 atom stereocenters. The van der Waals surface area contributed by atoms with Gasteiger partial charge in [-0.15, -0.1) is 0 Å². The van der Waals surface area contributed by atoms with E-state index in [1.165, 1.54) is 61.5 Å². The van der Waals surface area contributed by atoms with Crippen LogP contribution in [-0.4, -0.2) is 84.3 Å². The van der Waals surface area contributed by atoms with E-state index < -0.39 is 28.6 Å². The maximum atomic E-state index is 13.6. The number of rotatable bonds is 7. The van der Waals surface area contributed by atoms with Crippen molar-refractivity contribution in [2.45, 2.75) is 4.90 Å². The highest BCUT2D eigenvalue weighted by Crippen LogP contribution is 2.32. The van der Waals surface area contributed by atoms with Crippen molar-refractivity contribution in [1.82, 2.24) is 9.80 Å². The number of methoxy groups -OCH3 is 3. The van der Waals surface area contributed by atoms with Gasteiger partial charge in [-0.05, 0) is 36.4 Å². The maximum Gasteiger partial charge on any atom is 0.409 e. The molecule has 0 saturated carbocycles. The predicted octanol–water partition coefficient (Wildman–Crippen LogP) is 2.46. The van der Waals surface area contributed by atoms with Gasteiger partial charge in [0.1, 0.15) is 6.54 Å². The quantitative estimate of drug-likeness (QED) is 0.562. The van der Waals surface area contributed by atoms with Gasteiger partial charge in [-0.1, -0.05) is 11.6 Å². The summed E-state index contributed by atoms with van der Waals surface area (Å²) < 4.78 is 43.5. The van der Waals surface area contributed by atoms with Crippen molar-refractivity contribution in [3.05, 3.63) is 47.5 Å². The first-order valence-electron chi connectivity index (χ1n) is 10.3. The fourth-order valence-corrected chi connectivity index (χ4v) is 5.07. The van der Waals surface area contributed by atoms with Crippen LogP contribution in [-0.2, 0) is 19.6 Å². The van der Waals surface area contributed by atoms with E-state index in [1.807, 2.05) is 0 Å². The zero-order valence-electron chi connectivity index (χ0n) is 19.1. The molecule has 0 spiro atoms. The van der Waals surface area contributed by atoms with Crippen LogP contribution >= 0.6 is 11.6 Å². The normalized spacial score (nSPS) is 13.9. The van der Waals surface area contributed by atoms with E-state index in [1.54, 1.807) is 12.1 Å². The van der Waals surface area contributed by atoms with Crippen LogP contribution in [0, 0.1) is 0 Å². The lowest BCUT2D eigenvalue weighted by molar-refractivity contribution is -0.131. The first-order chi connectivity index (χ1) is 16.2. The number of piperazine rings is 1. The minimum atomic E-state index is -4.16. The number of hydrogen-bond donors (Lipinski definition) is 0. The molecule has 0 N–H and O–H groups in total. The third-order valence-corrected chi connectivity index (χ3v) is 7.42. The number of anilines is 1. The molecule has 0 aromatic heterocycles. The summed E-state index contributed by atoms with van der Waals surface area (Å²) in [6, 6.07) is 10.4. The Balaban J connectivity index is 1.90. The van der Waals surface area contributed by atoms with E-state index in [0.717, 1.165) is 4.31 Å². The molecule has 184 valence electrons. The fraction of sp³-hybridized carbons (Fsp3) is 0.364. The SMILES string of the molecule is COC(=O)N1CCN(C(=O)CN(c2ccc(Cl)cc2)S(=O)(=O)c2ccc(OC)c(OC)c2)CC1. The number of ether oxygens (including phenoxy) is 3. The number of nitrogens with zero attached hydrogens (tertiary/aromatic N) is 3. The van der Waals surface area contributed by atoms with Crippen LogP contribution in [0.4, 0.5) is 10.5 Å². The molecule has 34 heavy (non-hydrogen) atoms. The topological polar surface area (TPSA) is 106 Å². The number of sulfonamides is 1. The van der Waals surface area contributed by atoms with E-state index in [-0.39, 0.29) is 29.4 Å². The third-order valence-electron chi connectivity index (χ3n) is 5.40. The molecule has 2 aromatic carbocycles. The molecular weight excluding hydrogens is 486 g/mol. The standard InChI is InChI=1S/C22H26ClN3O7S/c1-31-19-9-8-18(14-20(19)32-2)34(29,30)26(17-6-4-16(23)5-7-17)15-21(27)24-10-12-25(13-11-24)22(28)33-3/h4-9,14H,10-13,15H2,1-3H3. The van der Waals surface area contributed by atoms with Gasteiger partial charge in [0.25, 0.3) is 10.0 Å². The van der Waals surface area contributed by atoms with Crippen LogP contribution in [0.1, 0.15) is 0 Å². The average Bonchev–Trinajstić information content (AvgIpc) is 2.86. The van der Waals surface area contributed by atoms with Crippen molar-refractivity contribution in [3.8, 4) is 11.5 Å². The first-order valence-corrected chi connectivity index (χ1v) is 12.1. The molecule has 1 saturated heterocycles. The molecule has 3 rings (SSSR count). The van der Waals surface area contributed by atoms with Crippen molar-refractivity contribution in [3.63, 3.8) is 0 Å². The van der Waals surface area contributed by atoms with Crippen LogP contribution in [0.5, 0.6) is 11.5 Å². The van der Waals surface area contributed by atoms with Gasteiger partial charge in [0.05, 0.1) is 31.9 Å². The van der Waals surface area contributed by atoms with Gasteiger partial charge >= 0.3 is 6.09 Å². The summed E-state index contributed by atoms with van der Waals surface area (Å²) in [4.78, 5) is 27.8. The lowest BCUT2D eigenvalue weighted by atomic mass is 10.3. The van der Waals surface area contributed by atoms with E-state index >= 15 is 0 Å². The Labute approximate surface area is 203 Å². The summed E-state index contributed by atoms with van der Waals surface area (Å²) >= 11 is 5.98. The molecule has 1 heterocycles. The lowest BCUT2D eigenvalue weighted by Gasteiger charge is -2.35. The molecule has 10 nitrogen and oxygen atoms in total. The molecule has 1 fully saturated rings. The van der Waals surface area contributed by atoms with Crippen LogP contribution in [0.2, 0.25) is 5.02 Å². The smallest absolute Gasteiger partial charge is 0.409 e. The number of benzene rings is 2. The molecule has 2 amide bonds. The van der Waals surface area contributed by atoms with Crippen LogP contribution in [0.3, 0.4) is 0 Å². The molecule has 1 aliphatic heterocycles. The van der Waals surface area contributed by atoms with Crippen molar-refractivity contribution in [1.29, 1.82) is 0 Å². The number of carbonyl (C=O) groups excluding carboxylic acids is 2. The van der Waals surface area contributed by atoms with Gasteiger partial charge in [-0.2, -0.15) is 0 Å². The second-order valence-corrected chi connectivity index (χ2v) is 9.64. The van der Waals surface area contributed by atoms with E-state index in [4.69, 9.17) is 25.8 Å². The number of carbonyl (C=O) groups is 2. The minimum Gasteiger partial charge on any atom is -0.493 e. The number of halogens is 1. The Morgan fingerprint density at radius 2 is 1.50 bits per heavy atom. The molecular formula is C22H26ClN3O7S. The zero-order chi connectivity index (χ0) is 24.9. The summed E-state index contributed by atoms with van der Waals surface area (Å²) in [5, 5.41) is 0.428. The Kier molecular flexibility index (Phi) is 8.11. The lowest BCUT2D eigenvalue weighted by Crippen LogP contribution is -2.53. The van der Waals surface area contributed by atoms with Gasteiger partial charge in [-0.25, -0.2) is 13.2 Å². The van der Waals surface area contributed by atoms with Gasteiger partial charge in [0.2, 0.25) is 5.91 Å². The zero-order valence-corrected chi connectivity index (χ0v) is 20.6. The fourth-order valence-electron chi connectivity index (χ4n) is 3.52. The maximum absolute atomic E-state index is 13.6. The van der Waals surface area contributed by atoms with Gasteiger partial charge in [0, 0.05) is 37.3 Å². The second kappa shape index (κ2) is 10.8. The van der Waals surface area contributed by atoms with Crippen LogP contribution < -0.4 is 13.8 Å². The second-order valence-electron chi connectivity index (χ2n) is 7.34. The molecule has 1 aliphatic rings. The van der Waals surface area contributed by atoms with Gasteiger partial charge in [0.15, 0.2) is 11.5 Å². The van der Waals surface area contributed by atoms with E-state index in [2.05, 4.69) is 0 Å². The molecule has 0 bridgehead atoms. The Morgan fingerprint density at radius 1 is 0.912 bits per heavy atom. The van der Waals surface area contributed by atoms with Crippen molar-refractivity contribution in [2.75, 3.05) is 58.4 Å². The van der Waals surface area contributed by atoms with Crippen molar-refractivity contribution < 1.29 is 32.2 Å². The summed E-state index contributed by atoms with van der Waals surface area (Å²) in [7, 11) is -0.0147. The highest BCUT2D eigenvalue weighted by atomic mass is 35.5. The summed E-state index contributed by atoms with van der Waals surface area (Å²) in [5.41, 5.74) is 0.278. The Morgan fingerprint density at radius 3 is 2.06 bits per heavy atom. The van der Waals surface area contributed by atoms with E-state index in [0.29, 0.717) is 23.9 Å². The molecule has 2 aromatic rings. The third kappa shape index (κ3) is 5.48. The predicted molar refractivity (Wildman–Crippen MR) is 126 cm³/mol. The highest BCUT2D eigenvalue weighted by Gasteiger charge is 2.31. The number of hydrogen-bond acceptors (Lipinski definition) is 7. The summed E-state index contributed by atoms with van der Waals surface area (Å²) in [6.07, 6.45) is -0.467. The van der Waals surface area contributed by atoms with Crippen molar-refractivity contribution in [2.24, 2.45) is 0 Å². The summed E-state index contributed by atoms with van der Waals surface area (Å²) in [6.45, 7) is 0.678. The summed E-state index contributed by atoms with van der Waals surface area (Å²) in [5.74, 6) is 0.215. The molecule has 0 radical (unpaired) electrons. The van der Waals surface area contributed by atoms with Gasteiger partial charge in [-0.3, -0.25) is 9.10 Å². The van der Waals surface area contributed by atoms with Crippen molar-refractivity contribution >= 4 is 39.3 Å². The van der Waals surface area contributed by atoms with E-state index in [9.17, 15) is 18.0 Å². The Bertz CT molecular complexity index is 1130. The molecule has 0 unspecified atom stereocenters. The molecule has 12 heteroatoms. The van der Waals surface area contributed by atoms with Crippen LogP contribution in [0.25, 0.3) is 0 Å². The minimum absolute atomic E-state index is 0.0663. The monoisotopic (exact) mass is 511 g/mol. The largest absolute Gasteiger partial charge is 0.493 e. The van der Waals surface area contributed by atoms with Gasteiger partial charge < -0.3 is 24.0 Å².